The molecule has 1 aromatic carbocycles. The number of nitrogens with one attached hydrogen (secondary N) is 1. The molecule has 1 aliphatic heterocycles. The topological polar surface area (TPSA) is 42.7 Å². The first-order valence-electron chi connectivity index (χ1n) is 6.52. The number of aryl methyl sites for hydroxylation is 1. The molecule has 0 fully saturated rings. The zero-order valence-corrected chi connectivity index (χ0v) is 12.0. The predicted molar refractivity (Wildman–Crippen MR) is 77.3 cm³/mol. The molecule has 0 bridgehead atoms. The first kappa shape index (κ1) is 12.7. The maximum atomic E-state index is 4.33. The van der Waals surface area contributed by atoms with E-state index in [0.29, 0.717) is 11.3 Å². The molecule has 100 valence electrons. The highest BCUT2D eigenvalue weighted by Gasteiger charge is 2.29. The van der Waals surface area contributed by atoms with Crippen molar-refractivity contribution in [1.29, 1.82) is 0 Å². The summed E-state index contributed by atoms with van der Waals surface area (Å²) >= 11 is 1.98. The van der Waals surface area contributed by atoms with E-state index in [2.05, 4.69) is 39.7 Å². The lowest BCUT2D eigenvalue weighted by Crippen LogP contribution is -2.38. The standard InChI is InChI=1S/C14H18N4S/c1-15-11(8-14-16-9-17-18(14)2)13-7-10-5-3-4-6-12(10)19-13/h3-6,9,11,13,15H,7-8H2,1-2H3. The fourth-order valence-electron chi connectivity index (χ4n) is 2.55. The van der Waals surface area contributed by atoms with Crippen LogP contribution in [0.15, 0.2) is 35.5 Å². The number of hydrogen-bond acceptors (Lipinski definition) is 4. The van der Waals surface area contributed by atoms with Crippen molar-refractivity contribution in [3.05, 3.63) is 42.0 Å². The van der Waals surface area contributed by atoms with Crippen LogP contribution in [-0.2, 0) is 19.9 Å². The summed E-state index contributed by atoms with van der Waals surface area (Å²) < 4.78 is 1.86. The van der Waals surface area contributed by atoms with Crippen molar-refractivity contribution in [2.75, 3.05) is 7.05 Å². The molecule has 0 saturated heterocycles. The second-order valence-corrected chi connectivity index (χ2v) is 6.15. The van der Waals surface area contributed by atoms with E-state index in [9.17, 15) is 0 Å². The third-order valence-electron chi connectivity index (χ3n) is 3.70. The normalized spacial score (nSPS) is 19.4. The first-order chi connectivity index (χ1) is 9.28. The summed E-state index contributed by atoms with van der Waals surface area (Å²) in [5, 5.41) is 8.15. The van der Waals surface area contributed by atoms with E-state index in [-0.39, 0.29) is 0 Å². The van der Waals surface area contributed by atoms with Crippen LogP contribution in [-0.4, -0.2) is 33.1 Å². The Labute approximate surface area is 117 Å². The van der Waals surface area contributed by atoms with Gasteiger partial charge in [-0.05, 0) is 25.1 Å². The van der Waals surface area contributed by atoms with Gasteiger partial charge in [0.1, 0.15) is 12.2 Å². The van der Waals surface area contributed by atoms with E-state index >= 15 is 0 Å². The number of thioether (sulfide) groups is 1. The minimum absolute atomic E-state index is 0.417. The van der Waals surface area contributed by atoms with Crippen LogP contribution in [0.3, 0.4) is 0 Å². The molecule has 19 heavy (non-hydrogen) atoms. The molecule has 2 heterocycles. The summed E-state index contributed by atoms with van der Waals surface area (Å²) in [5.41, 5.74) is 1.47. The van der Waals surface area contributed by atoms with Crippen molar-refractivity contribution in [1.82, 2.24) is 20.1 Å². The Morgan fingerprint density at radius 1 is 1.47 bits per heavy atom. The smallest absolute Gasteiger partial charge is 0.138 e. The zero-order valence-electron chi connectivity index (χ0n) is 11.2. The van der Waals surface area contributed by atoms with Crippen LogP contribution in [0.25, 0.3) is 0 Å². The third kappa shape index (κ3) is 2.53. The van der Waals surface area contributed by atoms with E-state index in [1.54, 1.807) is 6.33 Å². The van der Waals surface area contributed by atoms with E-state index < -0.39 is 0 Å². The summed E-state index contributed by atoms with van der Waals surface area (Å²) in [6.45, 7) is 0. The molecule has 4 nitrogen and oxygen atoms in total. The van der Waals surface area contributed by atoms with Crippen LogP contribution in [0.4, 0.5) is 0 Å². The molecular weight excluding hydrogens is 256 g/mol. The second-order valence-electron chi connectivity index (χ2n) is 4.87. The van der Waals surface area contributed by atoms with Gasteiger partial charge in [0.25, 0.3) is 0 Å². The van der Waals surface area contributed by atoms with Gasteiger partial charge in [-0.15, -0.1) is 11.8 Å². The van der Waals surface area contributed by atoms with Gasteiger partial charge in [-0.1, -0.05) is 18.2 Å². The number of rotatable bonds is 4. The fraction of sp³-hybridized carbons (Fsp3) is 0.429. The SMILES string of the molecule is CNC(Cc1ncnn1C)C1Cc2ccccc2S1. The lowest BCUT2D eigenvalue weighted by Gasteiger charge is -2.21. The van der Waals surface area contributed by atoms with Crippen molar-refractivity contribution in [3.63, 3.8) is 0 Å². The lowest BCUT2D eigenvalue weighted by atomic mass is 10.0. The monoisotopic (exact) mass is 274 g/mol. The van der Waals surface area contributed by atoms with E-state index in [4.69, 9.17) is 0 Å². The fourth-order valence-corrected chi connectivity index (χ4v) is 4.00. The summed E-state index contributed by atoms with van der Waals surface area (Å²) in [6.07, 6.45) is 3.67. The second kappa shape index (κ2) is 5.35. The molecule has 3 rings (SSSR count). The van der Waals surface area contributed by atoms with Gasteiger partial charge in [-0.3, -0.25) is 4.68 Å². The molecule has 2 unspecified atom stereocenters. The molecule has 0 spiro atoms. The molecule has 1 aliphatic rings. The van der Waals surface area contributed by atoms with Crippen LogP contribution in [0.5, 0.6) is 0 Å². The van der Waals surface area contributed by atoms with E-state index in [1.165, 1.54) is 10.5 Å². The first-order valence-corrected chi connectivity index (χ1v) is 7.40. The van der Waals surface area contributed by atoms with Gasteiger partial charge >= 0.3 is 0 Å². The highest BCUT2D eigenvalue weighted by molar-refractivity contribution is 8.00. The highest BCUT2D eigenvalue weighted by Crippen LogP contribution is 2.38. The summed E-state index contributed by atoms with van der Waals surface area (Å²) in [4.78, 5) is 5.75. The number of fused-ring (bicyclic) bond motifs is 1. The van der Waals surface area contributed by atoms with Crippen molar-refractivity contribution < 1.29 is 0 Å². The van der Waals surface area contributed by atoms with E-state index in [0.717, 1.165) is 18.7 Å². The van der Waals surface area contributed by atoms with Crippen LogP contribution in [0, 0.1) is 0 Å². The van der Waals surface area contributed by atoms with Gasteiger partial charge < -0.3 is 5.32 Å². The molecule has 0 saturated carbocycles. The molecule has 2 aromatic rings. The minimum Gasteiger partial charge on any atom is -0.315 e. The average molecular weight is 274 g/mol. The van der Waals surface area contributed by atoms with Crippen LogP contribution in [0.2, 0.25) is 0 Å². The Hall–Kier alpha value is -1.33. The number of likely N-dealkylation sites (N-methyl/N-ethyl adjacent to an activating group) is 1. The molecule has 0 aliphatic carbocycles. The Kier molecular flexibility index (Phi) is 3.57. The summed E-state index contributed by atoms with van der Waals surface area (Å²) in [6, 6.07) is 9.11. The predicted octanol–water partition coefficient (Wildman–Crippen LogP) is 1.66. The maximum Gasteiger partial charge on any atom is 0.138 e. The molecule has 5 heteroatoms. The molecule has 2 atom stereocenters. The number of aromatic nitrogens is 3. The van der Waals surface area contributed by atoms with Gasteiger partial charge in [0.15, 0.2) is 0 Å². The summed E-state index contributed by atoms with van der Waals surface area (Å²) in [7, 11) is 3.98. The Morgan fingerprint density at radius 3 is 3.00 bits per heavy atom. The Bertz CT molecular complexity index is 541. The van der Waals surface area contributed by atoms with Crippen LogP contribution >= 0.6 is 11.8 Å². The molecule has 0 amide bonds. The van der Waals surface area contributed by atoms with Gasteiger partial charge in [0.05, 0.1) is 0 Å². The Morgan fingerprint density at radius 2 is 2.32 bits per heavy atom. The number of hydrogen-bond donors (Lipinski definition) is 1. The highest BCUT2D eigenvalue weighted by atomic mass is 32.2. The quantitative estimate of drug-likeness (QED) is 0.921. The Balaban J connectivity index is 1.73. The van der Waals surface area contributed by atoms with Crippen molar-refractivity contribution in [2.24, 2.45) is 7.05 Å². The van der Waals surface area contributed by atoms with Crippen LogP contribution < -0.4 is 5.32 Å². The van der Waals surface area contributed by atoms with Crippen molar-refractivity contribution in [2.45, 2.75) is 29.0 Å². The van der Waals surface area contributed by atoms with Gasteiger partial charge in [-0.2, -0.15) is 5.10 Å². The number of benzene rings is 1. The zero-order chi connectivity index (χ0) is 13.2. The third-order valence-corrected chi connectivity index (χ3v) is 5.15. The largest absolute Gasteiger partial charge is 0.315 e. The van der Waals surface area contributed by atoms with Gasteiger partial charge in [-0.25, -0.2) is 4.98 Å². The molecule has 1 N–H and O–H groups in total. The van der Waals surface area contributed by atoms with Crippen LogP contribution in [0.1, 0.15) is 11.4 Å². The van der Waals surface area contributed by atoms with Crippen molar-refractivity contribution >= 4 is 11.8 Å². The van der Waals surface area contributed by atoms with Gasteiger partial charge in [0.2, 0.25) is 0 Å². The lowest BCUT2D eigenvalue weighted by molar-refractivity contribution is 0.512. The average Bonchev–Trinajstić information content (AvgIpc) is 3.02. The van der Waals surface area contributed by atoms with E-state index in [1.807, 2.05) is 30.5 Å². The molecular formula is C14H18N4S. The van der Waals surface area contributed by atoms with Crippen molar-refractivity contribution in [3.8, 4) is 0 Å². The minimum atomic E-state index is 0.417. The molecule has 0 radical (unpaired) electrons. The van der Waals surface area contributed by atoms with Gasteiger partial charge in [0, 0.05) is 29.7 Å². The number of nitrogens with zero attached hydrogens (tertiary/aromatic N) is 3. The summed E-state index contributed by atoms with van der Waals surface area (Å²) in [5.74, 6) is 1.04. The molecule has 1 aromatic heterocycles. The maximum absolute atomic E-state index is 4.33.